The van der Waals surface area contributed by atoms with E-state index in [-0.39, 0.29) is 44.1 Å². The minimum atomic E-state index is -0.229. The van der Waals surface area contributed by atoms with Crippen molar-refractivity contribution in [1.29, 1.82) is 0 Å². The van der Waals surface area contributed by atoms with Crippen LogP contribution in [0.3, 0.4) is 0 Å². The van der Waals surface area contributed by atoms with Gasteiger partial charge in [0.1, 0.15) is 45.2 Å². The van der Waals surface area contributed by atoms with Crippen molar-refractivity contribution in [2.24, 2.45) is 0 Å². The number of rotatable bonds is 4. The lowest BCUT2D eigenvalue weighted by molar-refractivity contribution is 0.0979. The molecule has 0 atom stereocenters. The molecule has 0 fully saturated rings. The lowest BCUT2D eigenvalue weighted by Gasteiger charge is -2.19. The first kappa shape index (κ1) is 77.1. The molecule has 16 aromatic rings. The van der Waals surface area contributed by atoms with Gasteiger partial charge in [0, 0.05) is 110 Å². The zero-order valence-corrected chi connectivity index (χ0v) is 72.8. The number of aromatic nitrogens is 16. The molecule has 6 aromatic heterocycles. The molecule has 10 aromatic carbocycles. The molecule has 21 rings (SSSR count). The van der Waals surface area contributed by atoms with Crippen molar-refractivity contribution >= 4 is 124 Å². The lowest BCUT2D eigenvalue weighted by Crippen LogP contribution is -2.21. The number of carbonyl (C=O) groups is 2. The maximum absolute atomic E-state index is 14.8. The fourth-order valence-electron chi connectivity index (χ4n) is 17.4. The standard InChI is InChI=1S/C106H92N16O2/c1-101(2,3)57-27-37-67-77(47-57)97-113-87(67)109-93-75-45-55(25-35-65(75)85(107-93)111-95-79-49-59(103(7,8)9)29-39-69(79)89(115-95)119-99-81-51-61(105(13,14)15)31-41-71(81)91(117-97)121-99)21-19-53-23-33-63-73(43-53)83(123)64-34-24-54(44-74(64)84(63)124)20-22-56-26-36-66-76(46-56)94-108-86(66)112-96-80-50-60(104(10,11)12)30-40-70(80)90(116-96)120-100-82-52-62(106(16,17)18)32-42-72(82)92(122-100)118-98-78-48-58(102(4,5)6)28-38-68(78)88(110-94)114-98/h19-52H,1-18H3,(H2,107,109,111,113,115,117,119,121)(H2,108,110,112,114,116,118,120,122)/b21-19+,22-20+. The topological polar surface area (TPSA) is 252 Å². The first-order valence-corrected chi connectivity index (χ1v) is 42.5. The Hall–Kier alpha value is -14.3. The van der Waals surface area contributed by atoms with Gasteiger partial charge in [-0.25, -0.2) is 59.8 Å². The van der Waals surface area contributed by atoms with Gasteiger partial charge in [-0.3, -0.25) is 9.59 Å². The average molecular weight is 1620 g/mol. The van der Waals surface area contributed by atoms with Crippen LogP contribution < -0.4 is 0 Å². The summed E-state index contributed by atoms with van der Waals surface area (Å²) in [6, 6.07) is 62.2. The smallest absolute Gasteiger partial charge is 0.194 e. The Bertz CT molecular complexity index is 7410. The fraction of sp³-hybridized carbons (Fsp3) is 0.226. The Morgan fingerprint density at radius 2 is 0.371 bits per heavy atom. The maximum Gasteiger partial charge on any atom is 0.194 e. The van der Waals surface area contributed by atoms with Crippen LogP contribution in [0.5, 0.6) is 0 Å². The van der Waals surface area contributed by atoms with Crippen molar-refractivity contribution in [1.82, 2.24) is 79.7 Å². The predicted octanol–water partition coefficient (Wildman–Crippen LogP) is 25.0. The van der Waals surface area contributed by atoms with Gasteiger partial charge in [-0.05, 0) is 173 Å². The molecule has 0 amide bonds. The van der Waals surface area contributed by atoms with E-state index in [1.807, 2.05) is 72.8 Å². The van der Waals surface area contributed by atoms with Crippen LogP contribution in [0.25, 0.3) is 204 Å². The molecule has 608 valence electrons. The van der Waals surface area contributed by atoms with Gasteiger partial charge in [0.15, 0.2) is 58.2 Å². The largest absolute Gasteiger partial charge is 0.324 e. The molecule has 0 saturated heterocycles. The molecular weight excluding hydrogens is 1530 g/mol. The van der Waals surface area contributed by atoms with Gasteiger partial charge in [0.25, 0.3) is 0 Å². The second-order valence-electron chi connectivity index (χ2n) is 39.8. The van der Waals surface area contributed by atoms with E-state index in [4.69, 9.17) is 59.8 Å². The van der Waals surface area contributed by atoms with Crippen LogP contribution in [-0.2, 0) is 32.5 Å². The second-order valence-corrected chi connectivity index (χ2v) is 39.8. The van der Waals surface area contributed by atoms with Crippen LogP contribution in [0.15, 0.2) is 182 Å². The first-order chi connectivity index (χ1) is 58.9. The molecule has 16 bridgehead atoms. The maximum atomic E-state index is 14.8. The van der Waals surface area contributed by atoms with Crippen LogP contribution in [-0.4, -0.2) is 91.3 Å². The van der Waals surface area contributed by atoms with Crippen LogP contribution in [0.1, 0.15) is 212 Å². The van der Waals surface area contributed by atoms with E-state index in [0.29, 0.717) is 114 Å². The number of fused-ring (bicyclic) bond motifs is 42. The quantitative estimate of drug-likeness (QED) is 0.120. The van der Waals surface area contributed by atoms with Gasteiger partial charge >= 0.3 is 0 Å². The van der Waals surface area contributed by atoms with Gasteiger partial charge in [-0.2, -0.15) is 0 Å². The Labute approximate surface area is 717 Å². The second kappa shape index (κ2) is 27.1. The van der Waals surface area contributed by atoms with Crippen LogP contribution in [0, 0.1) is 0 Å². The summed E-state index contributed by atoms with van der Waals surface area (Å²) >= 11 is 0. The number of ketones is 2. The lowest BCUT2D eigenvalue weighted by atomic mass is 9.82. The Morgan fingerprint density at radius 1 is 0.185 bits per heavy atom. The zero-order valence-electron chi connectivity index (χ0n) is 72.8. The summed E-state index contributed by atoms with van der Waals surface area (Å²) in [4.78, 5) is 109. The SMILES string of the molecule is CC(C)(C)c1ccc2c(c1)-c1nc-2nc2[nH]c(nc3nc(nc4[nH]c(n1)c1ccc(C(C)(C)C)cc41)-c1ccc(/C=C/c4ccc5c(c4)C(=O)c4ccc(/C=C/c6ccc7c(c6)-c6nc-7nc7[nH]c(nc8nc(nc9[nH]c(n6)c6ccc(C(C)(C)C)cc96)-c6ccc(C(C)(C)C)cc6-8)c6ccc(C(C)(C)C)cc76)cc4C5=O)cc1-3)c1ccc(C(C)(C)C)cc21. The van der Waals surface area contributed by atoms with Crippen LogP contribution >= 0.6 is 0 Å². The minimum Gasteiger partial charge on any atom is -0.324 e. The summed E-state index contributed by atoms with van der Waals surface area (Å²) in [6.45, 7) is 39.8. The third-order valence-corrected chi connectivity index (χ3v) is 24.9. The molecule has 0 saturated carbocycles. The Balaban J connectivity index is 0.625. The van der Waals surface area contributed by atoms with Crippen molar-refractivity contribution in [3.63, 3.8) is 0 Å². The average Bonchev–Trinajstić information content (AvgIpc) is 1.48. The highest BCUT2D eigenvalue weighted by atomic mass is 16.1. The molecule has 5 aliphatic rings. The van der Waals surface area contributed by atoms with E-state index in [1.165, 1.54) is 0 Å². The third kappa shape index (κ3) is 13.1. The normalized spacial score (nSPS) is 13.5. The van der Waals surface area contributed by atoms with Crippen LogP contribution in [0.2, 0.25) is 0 Å². The number of hydrogen-bond acceptors (Lipinski definition) is 14. The molecular formula is C106H92N16O2. The first-order valence-electron chi connectivity index (χ1n) is 42.5. The highest BCUT2D eigenvalue weighted by Crippen LogP contribution is 2.46. The van der Waals surface area contributed by atoms with Crippen LogP contribution in [0.4, 0.5) is 0 Å². The summed E-state index contributed by atoms with van der Waals surface area (Å²) in [6.07, 6.45) is 7.94. The summed E-state index contributed by atoms with van der Waals surface area (Å²) in [7, 11) is 0. The zero-order chi connectivity index (χ0) is 86.1. The number of carbonyl (C=O) groups excluding carboxylic acids is 2. The number of nitrogens with one attached hydrogen (secondary N) is 4. The van der Waals surface area contributed by atoms with Crippen molar-refractivity contribution < 1.29 is 9.59 Å². The molecule has 18 nitrogen and oxygen atoms in total. The van der Waals surface area contributed by atoms with Crippen molar-refractivity contribution in [2.45, 2.75) is 157 Å². The molecule has 18 heteroatoms. The Kier molecular flexibility index (Phi) is 16.9. The minimum absolute atomic E-state index is 0.138. The predicted molar refractivity (Wildman–Crippen MR) is 502 cm³/mol. The molecule has 124 heavy (non-hydrogen) atoms. The van der Waals surface area contributed by atoms with Crippen molar-refractivity contribution in [2.75, 3.05) is 0 Å². The number of hydrogen-bond donors (Lipinski definition) is 4. The van der Waals surface area contributed by atoms with Gasteiger partial charge in [-0.15, -0.1) is 0 Å². The summed E-state index contributed by atoms with van der Waals surface area (Å²) < 4.78 is 0. The van der Waals surface area contributed by atoms with E-state index >= 15 is 0 Å². The van der Waals surface area contributed by atoms with E-state index in [0.717, 1.165) is 143 Å². The molecule has 0 radical (unpaired) electrons. The Morgan fingerprint density at radius 3 is 0.613 bits per heavy atom. The number of nitrogens with zero attached hydrogens (tertiary/aromatic N) is 12. The highest BCUT2D eigenvalue weighted by Gasteiger charge is 2.33. The monoisotopic (exact) mass is 1620 g/mol. The van der Waals surface area contributed by atoms with Gasteiger partial charge < -0.3 is 19.9 Å². The fourth-order valence-corrected chi connectivity index (χ4v) is 17.4. The summed E-state index contributed by atoms with van der Waals surface area (Å²) in [5.41, 5.74) is 22.1. The number of aromatic amines is 4. The molecule has 4 aliphatic heterocycles. The molecule has 0 spiro atoms. The summed E-state index contributed by atoms with van der Waals surface area (Å²) in [5.74, 6) is 3.62. The highest BCUT2D eigenvalue weighted by molar-refractivity contribution is 6.29. The third-order valence-electron chi connectivity index (χ3n) is 24.9. The van der Waals surface area contributed by atoms with E-state index in [2.05, 4.69) is 266 Å². The number of benzene rings is 10. The molecule has 4 N–H and O–H groups in total. The van der Waals surface area contributed by atoms with E-state index in [9.17, 15) is 9.59 Å². The van der Waals surface area contributed by atoms with Gasteiger partial charge in [0.2, 0.25) is 0 Å². The molecule has 10 heterocycles. The van der Waals surface area contributed by atoms with Crippen molar-refractivity contribution in [3.8, 4) is 91.1 Å². The molecule has 0 unspecified atom stereocenters. The van der Waals surface area contributed by atoms with Gasteiger partial charge in [0.05, 0.1) is 0 Å². The number of H-pyrrole nitrogens is 4. The molecule has 1 aliphatic carbocycles. The van der Waals surface area contributed by atoms with Gasteiger partial charge in [-0.1, -0.05) is 246 Å². The van der Waals surface area contributed by atoms with E-state index < -0.39 is 0 Å². The van der Waals surface area contributed by atoms with E-state index in [1.54, 1.807) is 12.1 Å². The summed E-state index contributed by atoms with van der Waals surface area (Å²) in [5, 5.41) is 7.14. The van der Waals surface area contributed by atoms with Crippen molar-refractivity contribution in [3.05, 3.63) is 260 Å².